The molecular weight excluding hydrogens is 364 g/mol. The van der Waals surface area contributed by atoms with E-state index in [1.54, 1.807) is 16.7 Å². The van der Waals surface area contributed by atoms with Crippen LogP contribution in [0.3, 0.4) is 0 Å². The first-order valence-electron chi connectivity index (χ1n) is 9.98. The lowest BCUT2D eigenvalue weighted by Gasteiger charge is -2.43. The normalized spacial score (nSPS) is 23.3. The van der Waals surface area contributed by atoms with Gasteiger partial charge in [-0.1, -0.05) is 19.3 Å². The Kier molecular flexibility index (Phi) is 5.36. The molecule has 148 valence electrons. The number of pyridine rings is 1. The molecule has 0 unspecified atom stereocenters. The van der Waals surface area contributed by atoms with Crippen LogP contribution in [0.2, 0.25) is 0 Å². The molecule has 3 fully saturated rings. The molecule has 3 aliphatic rings. The van der Waals surface area contributed by atoms with Gasteiger partial charge in [-0.2, -0.15) is 4.31 Å². The molecule has 0 radical (unpaired) electrons. The van der Waals surface area contributed by atoms with Gasteiger partial charge in [0.05, 0.1) is 11.2 Å². The molecule has 4 rings (SSSR count). The van der Waals surface area contributed by atoms with Crippen LogP contribution in [0.5, 0.6) is 0 Å². The van der Waals surface area contributed by atoms with Gasteiger partial charge in [0.15, 0.2) is 0 Å². The molecule has 1 saturated carbocycles. The van der Waals surface area contributed by atoms with Gasteiger partial charge in [-0.05, 0) is 25.0 Å². The zero-order valence-corrected chi connectivity index (χ0v) is 16.5. The van der Waals surface area contributed by atoms with Crippen LogP contribution in [0, 0.1) is 5.92 Å². The third-order valence-corrected chi connectivity index (χ3v) is 8.48. The molecule has 2 aliphatic heterocycles. The SMILES string of the molecule is O=C(C1CN(S(=O)(=O)C2CCCCC2)C1)N1CCN(c2ccncc2)CC1. The smallest absolute Gasteiger partial charge is 0.228 e. The summed E-state index contributed by atoms with van der Waals surface area (Å²) >= 11 is 0. The maximum atomic E-state index is 12.7. The van der Waals surface area contributed by atoms with E-state index < -0.39 is 10.0 Å². The van der Waals surface area contributed by atoms with Gasteiger partial charge < -0.3 is 9.80 Å². The molecule has 7 nitrogen and oxygen atoms in total. The minimum absolute atomic E-state index is 0.111. The number of carbonyl (C=O) groups is 1. The Balaban J connectivity index is 1.27. The predicted molar refractivity (Wildman–Crippen MR) is 104 cm³/mol. The number of hydrogen-bond donors (Lipinski definition) is 0. The van der Waals surface area contributed by atoms with Crippen molar-refractivity contribution in [2.24, 2.45) is 5.92 Å². The summed E-state index contributed by atoms with van der Waals surface area (Å²) in [6.07, 6.45) is 8.25. The minimum atomic E-state index is -3.22. The van der Waals surface area contributed by atoms with E-state index in [4.69, 9.17) is 0 Å². The molecule has 1 aliphatic carbocycles. The molecule has 0 N–H and O–H groups in total. The van der Waals surface area contributed by atoms with Gasteiger partial charge in [0.2, 0.25) is 15.9 Å². The average molecular weight is 393 g/mol. The van der Waals surface area contributed by atoms with Crippen molar-refractivity contribution in [2.75, 3.05) is 44.2 Å². The highest BCUT2D eigenvalue weighted by atomic mass is 32.2. The third kappa shape index (κ3) is 3.82. The topological polar surface area (TPSA) is 73.8 Å². The van der Waals surface area contributed by atoms with Gasteiger partial charge >= 0.3 is 0 Å². The van der Waals surface area contributed by atoms with Crippen LogP contribution in [0.25, 0.3) is 0 Å². The van der Waals surface area contributed by atoms with Crippen molar-refractivity contribution < 1.29 is 13.2 Å². The van der Waals surface area contributed by atoms with Crippen LogP contribution in [-0.2, 0) is 14.8 Å². The third-order valence-electron chi connectivity index (χ3n) is 6.15. The van der Waals surface area contributed by atoms with Crippen LogP contribution >= 0.6 is 0 Å². The van der Waals surface area contributed by atoms with E-state index in [0.29, 0.717) is 26.2 Å². The second kappa shape index (κ2) is 7.75. The fourth-order valence-corrected chi connectivity index (χ4v) is 6.50. The van der Waals surface area contributed by atoms with Crippen LogP contribution in [0.15, 0.2) is 24.5 Å². The van der Waals surface area contributed by atoms with Crippen molar-refractivity contribution in [2.45, 2.75) is 37.4 Å². The lowest BCUT2D eigenvalue weighted by Crippen LogP contribution is -2.60. The molecule has 1 aromatic heterocycles. The van der Waals surface area contributed by atoms with Crippen molar-refractivity contribution >= 4 is 21.6 Å². The quantitative estimate of drug-likeness (QED) is 0.773. The van der Waals surface area contributed by atoms with E-state index in [1.165, 1.54) is 0 Å². The number of rotatable bonds is 4. The minimum Gasteiger partial charge on any atom is -0.368 e. The number of carbonyl (C=O) groups excluding carboxylic acids is 1. The van der Waals surface area contributed by atoms with Crippen molar-refractivity contribution in [1.29, 1.82) is 0 Å². The van der Waals surface area contributed by atoms with E-state index in [1.807, 2.05) is 17.0 Å². The molecule has 0 spiro atoms. The molecule has 1 amide bonds. The van der Waals surface area contributed by atoms with Crippen molar-refractivity contribution in [1.82, 2.24) is 14.2 Å². The van der Waals surface area contributed by atoms with Gasteiger partial charge in [0.1, 0.15) is 0 Å². The number of aromatic nitrogens is 1. The molecule has 0 bridgehead atoms. The number of hydrogen-bond acceptors (Lipinski definition) is 5. The summed E-state index contributed by atoms with van der Waals surface area (Å²) in [4.78, 5) is 20.9. The van der Waals surface area contributed by atoms with Gasteiger partial charge in [-0.15, -0.1) is 0 Å². The van der Waals surface area contributed by atoms with Gasteiger partial charge in [0, 0.05) is 57.3 Å². The fraction of sp³-hybridized carbons (Fsp3) is 0.684. The van der Waals surface area contributed by atoms with E-state index in [-0.39, 0.29) is 17.1 Å². The average Bonchev–Trinajstić information content (AvgIpc) is 2.68. The highest BCUT2D eigenvalue weighted by molar-refractivity contribution is 7.89. The summed E-state index contributed by atoms with van der Waals surface area (Å²) < 4.78 is 26.9. The van der Waals surface area contributed by atoms with Crippen molar-refractivity contribution in [3.05, 3.63) is 24.5 Å². The Morgan fingerprint density at radius 3 is 2.22 bits per heavy atom. The Morgan fingerprint density at radius 2 is 1.59 bits per heavy atom. The van der Waals surface area contributed by atoms with E-state index in [2.05, 4.69) is 9.88 Å². The highest BCUT2D eigenvalue weighted by Crippen LogP contribution is 2.31. The van der Waals surface area contributed by atoms with Crippen molar-refractivity contribution in [3.63, 3.8) is 0 Å². The molecule has 2 saturated heterocycles. The van der Waals surface area contributed by atoms with Gasteiger partial charge in [-0.25, -0.2) is 8.42 Å². The summed E-state index contributed by atoms with van der Waals surface area (Å²) in [6.45, 7) is 3.70. The van der Waals surface area contributed by atoms with Crippen LogP contribution < -0.4 is 4.90 Å². The number of sulfonamides is 1. The fourth-order valence-electron chi connectivity index (χ4n) is 4.37. The number of nitrogens with zero attached hydrogens (tertiary/aromatic N) is 4. The van der Waals surface area contributed by atoms with E-state index >= 15 is 0 Å². The van der Waals surface area contributed by atoms with Gasteiger partial charge in [-0.3, -0.25) is 9.78 Å². The first-order chi connectivity index (χ1) is 13.1. The lowest BCUT2D eigenvalue weighted by molar-refractivity contribution is -0.139. The number of anilines is 1. The lowest BCUT2D eigenvalue weighted by atomic mass is 10.0. The Hall–Kier alpha value is -1.67. The monoisotopic (exact) mass is 392 g/mol. The largest absolute Gasteiger partial charge is 0.368 e. The summed E-state index contributed by atoms with van der Waals surface area (Å²) in [6, 6.07) is 3.97. The predicted octanol–water partition coefficient (Wildman–Crippen LogP) is 1.32. The summed E-state index contributed by atoms with van der Waals surface area (Å²) in [5, 5.41) is -0.230. The summed E-state index contributed by atoms with van der Waals surface area (Å²) in [7, 11) is -3.22. The molecule has 27 heavy (non-hydrogen) atoms. The van der Waals surface area contributed by atoms with Crippen LogP contribution in [0.1, 0.15) is 32.1 Å². The molecule has 0 atom stereocenters. The maximum absolute atomic E-state index is 12.7. The molecule has 1 aromatic rings. The first kappa shape index (κ1) is 18.7. The second-order valence-corrected chi connectivity index (χ2v) is 10.0. The summed E-state index contributed by atoms with van der Waals surface area (Å²) in [5.41, 5.74) is 1.13. The highest BCUT2D eigenvalue weighted by Gasteiger charge is 2.44. The van der Waals surface area contributed by atoms with Crippen molar-refractivity contribution in [3.8, 4) is 0 Å². The maximum Gasteiger partial charge on any atom is 0.228 e. The Bertz CT molecular complexity index is 750. The van der Waals surface area contributed by atoms with Crippen LogP contribution in [0.4, 0.5) is 5.69 Å². The molecule has 3 heterocycles. The van der Waals surface area contributed by atoms with Crippen LogP contribution in [-0.4, -0.2) is 73.0 Å². The Morgan fingerprint density at radius 1 is 0.963 bits per heavy atom. The Labute approximate surface area is 161 Å². The van der Waals surface area contributed by atoms with E-state index in [0.717, 1.165) is 50.9 Å². The zero-order valence-electron chi connectivity index (χ0n) is 15.7. The molecular formula is C19H28N4O3S. The van der Waals surface area contributed by atoms with Gasteiger partial charge in [0.25, 0.3) is 0 Å². The number of amides is 1. The molecule has 8 heteroatoms. The molecule has 0 aromatic carbocycles. The summed E-state index contributed by atoms with van der Waals surface area (Å²) in [5.74, 6) is -0.0599. The zero-order chi connectivity index (χ0) is 18.9. The van der Waals surface area contributed by atoms with E-state index in [9.17, 15) is 13.2 Å². The first-order valence-corrected chi connectivity index (χ1v) is 11.5. The second-order valence-electron chi connectivity index (χ2n) is 7.84. The number of piperazine rings is 1. The standard InChI is InChI=1S/C19H28N4O3S/c24-19(22-12-10-21(11-13-22)17-6-8-20-9-7-17)16-14-23(15-16)27(25,26)18-4-2-1-3-5-18/h6-9,16,18H,1-5,10-15H2.